The summed E-state index contributed by atoms with van der Waals surface area (Å²) >= 11 is 0. The number of fused-ring (bicyclic) bond motifs is 2. The quantitative estimate of drug-likeness (QED) is 0.432. The normalized spacial score (nSPS) is 15.1. The maximum Gasteiger partial charge on any atom is 0.337 e. The van der Waals surface area contributed by atoms with Crippen LogP contribution in [0.25, 0.3) is 22.0 Å². The number of carbonyl (C=O) groups excluding carboxylic acids is 1. The number of nitrogens with zero attached hydrogens (tertiary/aromatic N) is 3. The van der Waals surface area contributed by atoms with Gasteiger partial charge >= 0.3 is 6.03 Å². The SMILES string of the molecule is CNC(=O)N1N=C(c2ccc(-c3cccc4ncccc34)cc2)c2cc(OC)c(OC)cc2CC1C. The summed E-state index contributed by atoms with van der Waals surface area (Å²) in [6.07, 6.45) is 2.43. The standard InChI is InChI=1S/C29H28N4O3/c1-18-15-21-16-26(35-3)27(36-4)17-24(21)28(32-33(18)29(34)30-2)20-12-10-19(11-13-20)22-7-5-9-25-23(22)8-6-14-31-25/h5-14,16-18H,15H2,1-4H3,(H,30,34). The molecule has 182 valence electrons. The van der Waals surface area contributed by atoms with Crippen LogP contribution in [-0.4, -0.2) is 49.0 Å². The van der Waals surface area contributed by atoms with Crippen molar-refractivity contribution in [1.29, 1.82) is 0 Å². The highest BCUT2D eigenvalue weighted by molar-refractivity contribution is 6.14. The molecule has 0 bridgehead atoms. The van der Waals surface area contributed by atoms with E-state index in [1.807, 2.05) is 49.4 Å². The second-order valence-corrected chi connectivity index (χ2v) is 8.72. The number of rotatable bonds is 4. The summed E-state index contributed by atoms with van der Waals surface area (Å²) in [6.45, 7) is 1.99. The van der Waals surface area contributed by atoms with E-state index in [9.17, 15) is 4.79 Å². The van der Waals surface area contributed by atoms with Crippen LogP contribution in [0.15, 0.2) is 78.0 Å². The molecule has 1 aliphatic heterocycles. The van der Waals surface area contributed by atoms with Crippen molar-refractivity contribution in [3.8, 4) is 22.6 Å². The van der Waals surface area contributed by atoms with Gasteiger partial charge in [0.25, 0.3) is 0 Å². The van der Waals surface area contributed by atoms with Gasteiger partial charge in [-0.05, 0) is 54.3 Å². The first kappa shape index (κ1) is 23.4. The lowest BCUT2D eigenvalue weighted by Gasteiger charge is -2.22. The molecule has 1 aromatic heterocycles. The fourth-order valence-corrected chi connectivity index (χ4v) is 4.71. The lowest BCUT2D eigenvalue weighted by atomic mass is 9.92. The summed E-state index contributed by atoms with van der Waals surface area (Å²) in [7, 11) is 4.85. The van der Waals surface area contributed by atoms with Crippen LogP contribution in [-0.2, 0) is 6.42 Å². The van der Waals surface area contributed by atoms with E-state index in [0.717, 1.165) is 38.7 Å². The molecule has 5 rings (SSSR count). The molecule has 7 nitrogen and oxygen atoms in total. The second-order valence-electron chi connectivity index (χ2n) is 8.72. The van der Waals surface area contributed by atoms with Crippen molar-refractivity contribution in [2.24, 2.45) is 5.10 Å². The molecule has 1 atom stereocenters. The molecule has 2 amide bonds. The van der Waals surface area contributed by atoms with Gasteiger partial charge in [-0.3, -0.25) is 4.98 Å². The number of hydrogen-bond acceptors (Lipinski definition) is 5. The van der Waals surface area contributed by atoms with Gasteiger partial charge in [-0.2, -0.15) is 5.10 Å². The number of nitrogens with one attached hydrogen (secondary N) is 1. The summed E-state index contributed by atoms with van der Waals surface area (Å²) in [5.41, 5.74) is 6.69. The fourth-order valence-electron chi connectivity index (χ4n) is 4.71. The predicted molar refractivity (Wildman–Crippen MR) is 142 cm³/mol. The first-order valence-electron chi connectivity index (χ1n) is 11.8. The average molecular weight is 481 g/mol. The van der Waals surface area contributed by atoms with Crippen molar-refractivity contribution in [2.75, 3.05) is 21.3 Å². The molecule has 7 heteroatoms. The number of pyridine rings is 1. The van der Waals surface area contributed by atoms with Crippen LogP contribution >= 0.6 is 0 Å². The molecule has 36 heavy (non-hydrogen) atoms. The largest absolute Gasteiger partial charge is 0.493 e. The number of methoxy groups -OCH3 is 2. The Bertz CT molecular complexity index is 1460. The van der Waals surface area contributed by atoms with Gasteiger partial charge in [0.1, 0.15) is 0 Å². The first-order valence-corrected chi connectivity index (χ1v) is 11.8. The van der Waals surface area contributed by atoms with Crippen molar-refractivity contribution in [2.45, 2.75) is 19.4 Å². The van der Waals surface area contributed by atoms with Gasteiger partial charge in [-0.1, -0.05) is 42.5 Å². The molecule has 0 radical (unpaired) electrons. The van der Waals surface area contributed by atoms with Crippen molar-refractivity contribution in [1.82, 2.24) is 15.3 Å². The zero-order chi connectivity index (χ0) is 25.2. The van der Waals surface area contributed by atoms with Gasteiger partial charge < -0.3 is 14.8 Å². The Morgan fingerprint density at radius 2 is 1.67 bits per heavy atom. The number of benzene rings is 3. The molecule has 1 N–H and O–H groups in total. The zero-order valence-corrected chi connectivity index (χ0v) is 20.8. The fraction of sp³-hybridized carbons (Fsp3) is 0.207. The zero-order valence-electron chi connectivity index (χ0n) is 20.8. The van der Waals surface area contributed by atoms with Crippen LogP contribution in [0.1, 0.15) is 23.6 Å². The third-order valence-electron chi connectivity index (χ3n) is 6.54. The number of hydrogen-bond donors (Lipinski definition) is 1. The van der Waals surface area contributed by atoms with Gasteiger partial charge in [0, 0.05) is 29.8 Å². The Kier molecular flexibility index (Phi) is 6.29. The van der Waals surface area contributed by atoms with Gasteiger partial charge in [0.2, 0.25) is 0 Å². The van der Waals surface area contributed by atoms with E-state index in [4.69, 9.17) is 14.6 Å². The van der Waals surface area contributed by atoms with Gasteiger partial charge in [0.05, 0.1) is 31.5 Å². The number of amides is 2. The lowest BCUT2D eigenvalue weighted by molar-refractivity contribution is 0.184. The average Bonchev–Trinajstić information content (AvgIpc) is 3.07. The molecule has 1 unspecified atom stereocenters. The number of hydrazone groups is 1. The van der Waals surface area contributed by atoms with E-state index >= 15 is 0 Å². The third kappa shape index (κ3) is 4.13. The van der Waals surface area contributed by atoms with Crippen molar-refractivity contribution < 1.29 is 14.3 Å². The molecule has 0 saturated carbocycles. The summed E-state index contributed by atoms with van der Waals surface area (Å²) in [5.74, 6) is 1.26. The monoisotopic (exact) mass is 480 g/mol. The van der Waals surface area contributed by atoms with Gasteiger partial charge in [-0.25, -0.2) is 9.80 Å². The highest BCUT2D eigenvalue weighted by atomic mass is 16.5. The topological polar surface area (TPSA) is 76.1 Å². The molecule has 0 saturated heterocycles. The van der Waals surface area contributed by atoms with Crippen molar-refractivity contribution >= 4 is 22.6 Å². The maximum atomic E-state index is 12.7. The number of aromatic nitrogens is 1. The predicted octanol–water partition coefficient (Wildman–Crippen LogP) is 5.26. The maximum absolute atomic E-state index is 12.7. The number of carbonyl (C=O) groups is 1. The Morgan fingerprint density at radius 3 is 2.39 bits per heavy atom. The highest BCUT2D eigenvalue weighted by Gasteiger charge is 2.28. The minimum absolute atomic E-state index is 0.151. The summed E-state index contributed by atoms with van der Waals surface area (Å²) in [6, 6.07) is 21.9. The van der Waals surface area contributed by atoms with Gasteiger partial charge in [-0.15, -0.1) is 0 Å². The van der Waals surface area contributed by atoms with Crippen LogP contribution in [0, 0.1) is 0 Å². The minimum atomic E-state index is -0.258. The van der Waals surface area contributed by atoms with Crippen LogP contribution in [0.2, 0.25) is 0 Å². The molecule has 0 aliphatic carbocycles. The Balaban J connectivity index is 1.64. The molecule has 3 aromatic carbocycles. The second kappa shape index (κ2) is 9.70. The van der Waals surface area contributed by atoms with E-state index in [1.165, 1.54) is 5.01 Å². The smallest absolute Gasteiger partial charge is 0.337 e. The van der Waals surface area contributed by atoms with Crippen LogP contribution in [0.3, 0.4) is 0 Å². The van der Waals surface area contributed by atoms with Crippen molar-refractivity contribution in [3.63, 3.8) is 0 Å². The molecule has 2 heterocycles. The van der Waals surface area contributed by atoms with E-state index < -0.39 is 0 Å². The molecular formula is C29H28N4O3. The van der Waals surface area contributed by atoms with Crippen LogP contribution in [0.4, 0.5) is 4.79 Å². The Morgan fingerprint density at radius 1 is 0.944 bits per heavy atom. The molecule has 4 aromatic rings. The van der Waals surface area contributed by atoms with Crippen molar-refractivity contribution in [3.05, 3.63) is 89.6 Å². The third-order valence-corrected chi connectivity index (χ3v) is 6.54. The van der Waals surface area contributed by atoms with E-state index in [0.29, 0.717) is 23.6 Å². The van der Waals surface area contributed by atoms with Crippen LogP contribution < -0.4 is 14.8 Å². The molecule has 0 fully saturated rings. The van der Waals surface area contributed by atoms with Crippen LogP contribution in [0.5, 0.6) is 11.5 Å². The van der Waals surface area contributed by atoms with Gasteiger partial charge in [0.15, 0.2) is 11.5 Å². The summed E-state index contributed by atoms with van der Waals surface area (Å²) < 4.78 is 11.1. The van der Waals surface area contributed by atoms with E-state index in [-0.39, 0.29) is 12.1 Å². The first-order chi connectivity index (χ1) is 17.5. The number of urea groups is 1. The Labute approximate surface area is 210 Å². The number of ether oxygens (including phenoxy) is 2. The minimum Gasteiger partial charge on any atom is -0.493 e. The molecule has 1 aliphatic rings. The van der Waals surface area contributed by atoms with E-state index in [2.05, 4.69) is 34.6 Å². The van der Waals surface area contributed by atoms with E-state index in [1.54, 1.807) is 27.5 Å². The summed E-state index contributed by atoms with van der Waals surface area (Å²) in [4.78, 5) is 17.2. The lowest BCUT2D eigenvalue weighted by Crippen LogP contribution is -2.41. The molecular weight excluding hydrogens is 452 g/mol. The molecule has 0 spiro atoms. The Hall–Kier alpha value is -4.39. The summed E-state index contributed by atoms with van der Waals surface area (Å²) in [5, 5.41) is 10.2. The highest BCUT2D eigenvalue weighted by Crippen LogP contribution is 2.35.